The Morgan fingerprint density at radius 2 is 1.96 bits per heavy atom. The smallest absolute Gasteiger partial charge is 0.169 e. The molecule has 0 atom stereocenters. The minimum absolute atomic E-state index is 0.178. The highest BCUT2D eigenvalue weighted by Crippen LogP contribution is 2.38. The minimum Gasteiger partial charge on any atom is -0.396 e. The number of fused-ring (bicyclic) bond motifs is 1. The van der Waals surface area contributed by atoms with E-state index in [4.69, 9.17) is 0 Å². The number of aromatic nitrogens is 1. The summed E-state index contributed by atoms with van der Waals surface area (Å²) in [5.41, 5.74) is 2.58. The van der Waals surface area contributed by atoms with Crippen LogP contribution in [-0.2, 0) is 0 Å². The number of hydrogen-bond acceptors (Lipinski definition) is 4. The molecule has 0 bridgehead atoms. The quantitative estimate of drug-likeness (QED) is 0.719. The van der Waals surface area contributed by atoms with E-state index in [1.54, 1.807) is 6.20 Å². The zero-order valence-electron chi connectivity index (χ0n) is 14.2. The fourth-order valence-corrected chi connectivity index (χ4v) is 4.13. The van der Waals surface area contributed by atoms with E-state index in [0.717, 1.165) is 65.2 Å². The summed E-state index contributed by atoms with van der Waals surface area (Å²) in [7, 11) is 0. The molecule has 0 aliphatic heterocycles. The van der Waals surface area contributed by atoms with Gasteiger partial charge in [-0.1, -0.05) is 15.9 Å². The predicted molar refractivity (Wildman–Crippen MR) is 103 cm³/mol. The van der Waals surface area contributed by atoms with Gasteiger partial charge in [-0.15, -0.1) is 0 Å². The Balaban J connectivity index is 1.69. The van der Waals surface area contributed by atoms with Crippen molar-refractivity contribution in [1.29, 1.82) is 0 Å². The molecule has 0 amide bonds. The third-order valence-corrected chi connectivity index (χ3v) is 5.99. The van der Waals surface area contributed by atoms with Crippen LogP contribution >= 0.6 is 15.9 Å². The Labute approximate surface area is 156 Å². The predicted octanol–water partition coefficient (Wildman–Crippen LogP) is 4.55. The van der Waals surface area contributed by atoms with Crippen molar-refractivity contribution < 1.29 is 9.90 Å². The lowest BCUT2D eigenvalue weighted by Crippen LogP contribution is -2.28. The zero-order chi connectivity index (χ0) is 17.4. The number of anilines is 1. The maximum atomic E-state index is 12.8. The van der Waals surface area contributed by atoms with Crippen molar-refractivity contribution >= 4 is 38.3 Å². The summed E-state index contributed by atoms with van der Waals surface area (Å²) in [6.45, 7) is 0.281. The van der Waals surface area contributed by atoms with Crippen LogP contribution < -0.4 is 5.32 Å². The summed E-state index contributed by atoms with van der Waals surface area (Å²) in [5, 5.41) is 14.0. The molecule has 4 rings (SSSR count). The molecule has 0 spiro atoms. The summed E-state index contributed by atoms with van der Waals surface area (Å²) in [6, 6.07) is 6.36. The number of nitrogens with one attached hydrogen (secondary N) is 1. The fraction of sp³-hybridized carbons (Fsp3) is 0.500. The molecule has 2 N–H and O–H groups in total. The van der Waals surface area contributed by atoms with Gasteiger partial charge in [-0.05, 0) is 62.6 Å². The van der Waals surface area contributed by atoms with Crippen LogP contribution in [0.3, 0.4) is 0 Å². The van der Waals surface area contributed by atoms with Gasteiger partial charge >= 0.3 is 0 Å². The molecule has 1 heterocycles. The Hall–Kier alpha value is -1.46. The van der Waals surface area contributed by atoms with E-state index in [1.165, 1.54) is 0 Å². The number of halogens is 1. The number of aliphatic hydroxyl groups is 1. The fourth-order valence-electron chi connectivity index (χ4n) is 3.77. The Morgan fingerprint density at radius 3 is 2.64 bits per heavy atom. The zero-order valence-corrected chi connectivity index (χ0v) is 15.8. The molecule has 0 radical (unpaired) electrons. The highest BCUT2D eigenvalue weighted by atomic mass is 79.9. The van der Waals surface area contributed by atoms with Crippen LogP contribution in [0.1, 0.15) is 48.9 Å². The molecule has 5 heteroatoms. The van der Waals surface area contributed by atoms with Crippen LogP contribution in [0.25, 0.3) is 10.9 Å². The SMILES string of the molecule is O=C(c1cnc2ccc(Br)cc2c1N[C@H]1CC[C@H](CO)CC1)C1CC1. The van der Waals surface area contributed by atoms with Crippen molar-refractivity contribution in [3.05, 3.63) is 34.4 Å². The molecule has 2 aliphatic carbocycles. The summed E-state index contributed by atoms with van der Waals surface area (Å²) < 4.78 is 0.991. The minimum atomic E-state index is 0.178. The maximum Gasteiger partial charge on any atom is 0.169 e. The van der Waals surface area contributed by atoms with E-state index in [1.807, 2.05) is 18.2 Å². The highest BCUT2D eigenvalue weighted by molar-refractivity contribution is 9.10. The number of ketones is 1. The average molecular weight is 403 g/mol. The monoisotopic (exact) mass is 402 g/mol. The summed E-state index contributed by atoms with van der Waals surface area (Å²) in [4.78, 5) is 17.3. The molecular formula is C20H23BrN2O2. The topological polar surface area (TPSA) is 62.2 Å². The first kappa shape index (κ1) is 17.0. The summed E-state index contributed by atoms with van der Waals surface area (Å²) in [5.74, 6) is 0.826. The van der Waals surface area contributed by atoms with Crippen molar-refractivity contribution in [2.75, 3.05) is 11.9 Å². The van der Waals surface area contributed by atoms with Gasteiger partial charge in [0.25, 0.3) is 0 Å². The van der Waals surface area contributed by atoms with Crippen LogP contribution in [0.4, 0.5) is 5.69 Å². The van der Waals surface area contributed by atoms with E-state index < -0.39 is 0 Å². The van der Waals surface area contributed by atoms with Gasteiger partial charge in [-0.25, -0.2) is 0 Å². The number of benzene rings is 1. The second-order valence-electron chi connectivity index (χ2n) is 7.39. The number of Topliss-reactive ketones (excluding diaryl/α,β-unsaturated/α-hetero) is 1. The van der Waals surface area contributed by atoms with E-state index in [9.17, 15) is 9.90 Å². The van der Waals surface area contributed by atoms with Crippen LogP contribution in [-0.4, -0.2) is 28.5 Å². The van der Waals surface area contributed by atoms with Crippen LogP contribution in [0.15, 0.2) is 28.9 Å². The normalized spacial score (nSPS) is 23.6. The molecular weight excluding hydrogens is 380 g/mol. The van der Waals surface area contributed by atoms with Gasteiger partial charge in [-0.3, -0.25) is 9.78 Å². The van der Waals surface area contributed by atoms with Crippen LogP contribution in [0, 0.1) is 11.8 Å². The number of nitrogens with zero attached hydrogens (tertiary/aromatic N) is 1. The molecule has 25 heavy (non-hydrogen) atoms. The van der Waals surface area contributed by atoms with Crippen molar-refractivity contribution in [2.45, 2.75) is 44.6 Å². The number of rotatable bonds is 5. The lowest BCUT2D eigenvalue weighted by molar-refractivity contribution is 0.0968. The average Bonchev–Trinajstić information content (AvgIpc) is 3.47. The number of pyridine rings is 1. The summed E-state index contributed by atoms with van der Waals surface area (Å²) >= 11 is 3.54. The lowest BCUT2D eigenvalue weighted by Gasteiger charge is -2.29. The van der Waals surface area contributed by atoms with E-state index >= 15 is 0 Å². The first-order chi connectivity index (χ1) is 12.2. The molecule has 1 aromatic heterocycles. The Morgan fingerprint density at radius 1 is 1.20 bits per heavy atom. The Kier molecular flexibility index (Phi) is 4.78. The van der Waals surface area contributed by atoms with Crippen molar-refractivity contribution in [1.82, 2.24) is 4.98 Å². The van der Waals surface area contributed by atoms with Gasteiger partial charge in [0.15, 0.2) is 5.78 Å². The number of aliphatic hydroxyl groups excluding tert-OH is 1. The van der Waals surface area contributed by atoms with E-state index in [0.29, 0.717) is 12.0 Å². The van der Waals surface area contributed by atoms with Gasteiger partial charge in [0.1, 0.15) is 0 Å². The first-order valence-electron chi connectivity index (χ1n) is 9.15. The number of hydrogen-bond donors (Lipinski definition) is 2. The molecule has 0 saturated heterocycles. The second kappa shape index (κ2) is 7.04. The molecule has 132 valence electrons. The molecule has 2 fully saturated rings. The molecule has 2 saturated carbocycles. The molecule has 4 nitrogen and oxygen atoms in total. The van der Waals surface area contributed by atoms with Gasteiger partial charge < -0.3 is 10.4 Å². The van der Waals surface area contributed by atoms with Crippen molar-refractivity contribution in [2.24, 2.45) is 11.8 Å². The van der Waals surface area contributed by atoms with E-state index in [-0.39, 0.29) is 18.3 Å². The van der Waals surface area contributed by atoms with Crippen molar-refractivity contribution in [3.8, 4) is 0 Å². The second-order valence-corrected chi connectivity index (χ2v) is 8.31. The maximum absolute atomic E-state index is 12.8. The van der Waals surface area contributed by atoms with Gasteiger partial charge in [0.2, 0.25) is 0 Å². The largest absolute Gasteiger partial charge is 0.396 e. The summed E-state index contributed by atoms with van der Waals surface area (Å²) in [6.07, 6.45) is 7.87. The molecule has 2 aromatic rings. The van der Waals surface area contributed by atoms with Crippen molar-refractivity contribution in [3.63, 3.8) is 0 Å². The first-order valence-corrected chi connectivity index (χ1v) is 9.95. The van der Waals surface area contributed by atoms with Gasteiger partial charge in [-0.2, -0.15) is 0 Å². The van der Waals surface area contributed by atoms with Gasteiger partial charge in [0, 0.05) is 34.6 Å². The van der Waals surface area contributed by atoms with E-state index in [2.05, 4.69) is 26.2 Å². The van der Waals surface area contributed by atoms with Gasteiger partial charge in [0.05, 0.1) is 16.8 Å². The number of carbonyl (C=O) groups excluding carboxylic acids is 1. The van der Waals surface area contributed by atoms with Crippen LogP contribution in [0.5, 0.6) is 0 Å². The third-order valence-electron chi connectivity index (χ3n) is 5.50. The third kappa shape index (κ3) is 3.58. The Bertz CT molecular complexity index is 796. The number of carbonyl (C=O) groups is 1. The standard InChI is InChI=1S/C20H23BrN2O2/c21-14-5-8-18-16(9-14)19(17(10-22-18)20(25)13-3-4-13)23-15-6-1-12(11-24)2-7-15/h5,8-10,12-13,15,24H,1-4,6-7,11H2,(H,22,23)/t12-,15-. The lowest BCUT2D eigenvalue weighted by atomic mass is 9.86. The molecule has 2 aliphatic rings. The molecule has 1 aromatic carbocycles. The van der Waals surface area contributed by atoms with Crippen LogP contribution in [0.2, 0.25) is 0 Å². The highest BCUT2D eigenvalue weighted by Gasteiger charge is 2.33. The molecule has 0 unspecified atom stereocenters.